The molecule has 1 unspecified atom stereocenters. The van der Waals surface area contributed by atoms with Crippen LogP contribution in [-0.4, -0.2) is 19.3 Å². The largest absolute Gasteiger partial charge is 0.243 e. The molecule has 24 heavy (non-hydrogen) atoms. The first kappa shape index (κ1) is 17.2. The lowest BCUT2D eigenvalue weighted by Gasteiger charge is -2.24. The van der Waals surface area contributed by atoms with Gasteiger partial charge in [0.15, 0.2) is 0 Å². The molecule has 0 saturated carbocycles. The zero-order valence-corrected chi connectivity index (χ0v) is 15.6. The van der Waals surface area contributed by atoms with Crippen molar-refractivity contribution < 1.29 is 8.42 Å². The van der Waals surface area contributed by atoms with E-state index >= 15 is 0 Å². The van der Waals surface area contributed by atoms with Crippen molar-refractivity contribution in [1.82, 2.24) is 4.31 Å². The van der Waals surface area contributed by atoms with Gasteiger partial charge in [0.2, 0.25) is 10.0 Å². The molecule has 0 radical (unpaired) electrons. The fraction of sp³-hybridized carbons (Fsp3) is 0.400. The molecule has 0 aromatic heterocycles. The van der Waals surface area contributed by atoms with Crippen LogP contribution in [0.1, 0.15) is 43.0 Å². The molecule has 0 bridgehead atoms. The molecule has 0 aliphatic carbocycles. The molecule has 128 valence electrons. The summed E-state index contributed by atoms with van der Waals surface area (Å²) in [6, 6.07) is 15.2. The number of hydrogen-bond acceptors (Lipinski definition) is 2. The topological polar surface area (TPSA) is 37.4 Å². The highest BCUT2D eigenvalue weighted by Crippen LogP contribution is 2.45. The molecule has 1 heterocycles. The van der Waals surface area contributed by atoms with Crippen LogP contribution in [0.2, 0.25) is 0 Å². The first-order valence-electron chi connectivity index (χ1n) is 8.34. The molecule has 2 aromatic rings. The molecule has 0 spiro atoms. The van der Waals surface area contributed by atoms with Crippen molar-refractivity contribution in [2.75, 3.05) is 6.54 Å². The van der Waals surface area contributed by atoms with E-state index in [1.165, 1.54) is 5.56 Å². The average molecular weight is 343 g/mol. The fourth-order valence-corrected chi connectivity index (χ4v) is 5.19. The van der Waals surface area contributed by atoms with E-state index in [-0.39, 0.29) is 11.5 Å². The third kappa shape index (κ3) is 3.26. The van der Waals surface area contributed by atoms with Crippen LogP contribution in [0.5, 0.6) is 0 Å². The van der Waals surface area contributed by atoms with Crippen LogP contribution in [0.15, 0.2) is 53.4 Å². The van der Waals surface area contributed by atoms with E-state index < -0.39 is 10.0 Å². The number of hydrogen-bond donors (Lipinski definition) is 0. The molecule has 1 fully saturated rings. The minimum absolute atomic E-state index is 0.0344. The summed E-state index contributed by atoms with van der Waals surface area (Å²) in [5.74, 6) is 0. The summed E-state index contributed by atoms with van der Waals surface area (Å²) in [7, 11) is -3.50. The van der Waals surface area contributed by atoms with E-state index in [2.05, 4.69) is 38.1 Å². The van der Waals surface area contributed by atoms with E-state index in [4.69, 9.17) is 0 Å². The predicted octanol–water partition coefficient (Wildman–Crippen LogP) is 4.47. The third-order valence-electron chi connectivity index (χ3n) is 4.77. The predicted molar refractivity (Wildman–Crippen MR) is 97.4 cm³/mol. The van der Waals surface area contributed by atoms with Gasteiger partial charge in [0.25, 0.3) is 0 Å². The van der Waals surface area contributed by atoms with E-state index in [1.807, 2.05) is 26.0 Å². The van der Waals surface area contributed by atoms with Crippen LogP contribution in [0.4, 0.5) is 0 Å². The highest BCUT2D eigenvalue weighted by Gasteiger charge is 2.44. The molecule has 1 aliphatic rings. The van der Waals surface area contributed by atoms with Crippen molar-refractivity contribution in [3.05, 3.63) is 65.2 Å². The first-order chi connectivity index (χ1) is 11.2. The first-order valence-corrected chi connectivity index (χ1v) is 9.78. The summed E-state index contributed by atoms with van der Waals surface area (Å²) in [6.45, 7) is 8.83. The Morgan fingerprint density at radius 2 is 1.42 bits per heavy atom. The van der Waals surface area contributed by atoms with Crippen LogP contribution < -0.4 is 0 Å². The molecule has 4 heteroatoms. The minimum atomic E-state index is -3.50. The molecule has 2 aromatic carbocycles. The normalized spacial score (nSPS) is 21.1. The molecule has 3 rings (SSSR count). The van der Waals surface area contributed by atoms with Gasteiger partial charge in [0.05, 0.1) is 10.9 Å². The van der Waals surface area contributed by atoms with E-state index in [0.29, 0.717) is 11.4 Å². The number of sulfonamides is 1. The summed E-state index contributed by atoms with van der Waals surface area (Å²) in [5.41, 5.74) is 3.28. The number of nitrogens with zero attached hydrogens (tertiary/aromatic N) is 1. The molecule has 0 N–H and O–H groups in total. The molecular weight excluding hydrogens is 318 g/mol. The fourth-order valence-electron chi connectivity index (χ4n) is 3.39. The Balaban J connectivity index is 2.02. The summed E-state index contributed by atoms with van der Waals surface area (Å²) in [4.78, 5) is 0.378. The monoisotopic (exact) mass is 343 g/mol. The van der Waals surface area contributed by atoms with Crippen LogP contribution in [0.3, 0.4) is 0 Å². The van der Waals surface area contributed by atoms with Crippen molar-refractivity contribution in [1.29, 1.82) is 0 Å². The zero-order chi connectivity index (χ0) is 17.5. The number of rotatable bonds is 3. The lowest BCUT2D eigenvalue weighted by atomic mass is 9.88. The molecule has 1 aliphatic heterocycles. The Hall–Kier alpha value is -1.65. The van der Waals surface area contributed by atoms with Crippen molar-refractivity contribution in [3.8, 4) is 0 Å². The van der Waals surface area contributed by atoms with Crippen molar-refractivity contribution >= 4 is 10.0 Å². The Kier molecular flexibility index (Phi) is 4.30. The second kappa shape index (κ2) is 6.01. The Labute approximate surface area is 145 Å². The molecular formula is C20H25NO2S. The van der Waals surface area contributed by atoms with Crippen molar-refractivity contribution in [3.63, 3.8) is 0 Å². The standard InChI is InChI=1S/C20H25NO2S/c1-15-5-9-17(10-6-15)19-13-20(3,4)14-21(19)24(22,23)18-11-7-16(2)8-12-18/h5-12,19H,13-14H2,1-4H3. The average Bonchev–Trinajstić information content (AvgIpc) is 2.85. The van der Waals surface area contributed by atoms with Crippen LogP contribution in [0.25, 0.3) is 0 Å². The molecule has 1 saturated heterocycles. The minimum Gasteiger partial charge on any atom is -0.207 e. The molecule has 3 nitrogen and oxygen atoms in total. The Morgan fingerprint density at radius 3 is 1.96 bits per heavy atom. The maximum absolute atomic E-state index is 13.2. The highest BCUT2D eigenvalue weighted by atomic mass is 32.2. The Morgan fingerprint density at radius 1 is 0.917 bits per heavy atom. The summed E-state index contributed by atoms with van der Waals surface area (Å²) < 4.78 is 28.1. The summed E-state index contributed by atoms with van der Waals surface area (Å²) in [5, 5.41) is 0. The smallest absolute Gasteiger partial charge is 0.207 e. The van der Waals surface area contributed by atoms with Crippen LogP contribution >= 0.6 is 0 Å². The lowest BCUT2D eigenvalue weighted by Crippen LogP contribution is -2.32. The highest BCUT2D eigenvalue weighted by molar-refractivity contribution is 7.89. The SMILES string of the molecule is Cc1ccc(C2CC(C)(C)CN2S(=O)(=O)c2ccc(C)cc2)cc1. The summed E-state index contributed by atoms with van der Waals surface area (Å²) in [6.07, 6.45) is 0.834. The van der Waals surface area contributed by atoms with Gasteiger partial charge >= 0.3 is 0 Å². The van der Waals surface area contributed by atoms with E-state index in [0.717, 1.165) is 17.5 Å². The summed E-state index contributed by atoms with van der Waals surface area (Å²) >= 11 is 0. The maximum Gasteiger partial charge on any atom is 0.243 e. The van der Waals surface area contributed by atoms with Crippen LogP contribution in [-0.2, 0) is 10.0 Å². The van der Waals surface area contributed by atoms with Gasteiger partial charge in [-0.2, -0.15) is 4.31 Å². The lowest BCUT2D eigenvalue weighted by molar-refractivity contribution is 0.368. The molecule has 1 atom stereocenters. The van der Waals surface area contributed by atoms with Gasteiger partial charge < -0.3 is 0 Å². The number of benzene rings is 2. The zero-order valence-electron chi connectivity index (χ0n) is 14.8. The van der Waals surface area contributed by atoms with Gasteiger partial charge in [-0.1, -0.05) is 61.4 Å². The van der Waals surface area contributed by atoms with Crippen LogP contribution in [0, 0.1) is 19.3 Å². The molecule has 0 amide bonds. The second-order valence-corrected chi connectivity index (χ2v) is 9.55. The quantitative estimate of drug-likeness (QED) is 0.825. The van der Waals surface area contributed by atoms with Crippen molar-refractivity contribution in [2.24, 2.45) is 5.41 Å². The van der Waals surface area contributed by atoms with Gasteiger partial charge in [0.1, 0.15) is 0 Å². The van der Waals surface area contributed by atoms with Gasteiger partial charge in [-0.25, -0.2) is 8.42 Å². The maximum atomic E-state index is 13.2. The van der Waals surface area contributed by atoms with E-state index in [1.54, 1.807) is 16.4 Å². The number of aryl methyl sites for hydroxylation is 2. The van der Waals surface area contributed by atoms with Crippen molar-refractivity contribution in [2.45, 2.75) is 45.1 Å². The van der Waals surface area contributed by atoms with E-state index in [9.17, 15) is 8.42 Å². The third-order valence-corrected chi connectivity index (χ3v) is 6.64. The van der Waals surface area contributed by atoms with Gasteiger partial charge in [0, 0.05) is 6.54 Å². The van der Waals surface area contributed by atoms with Gasteiger partial charge in [-0.3, -0.25) is 0 Å². The van der Waals surface area contributed by atoms with Gasteiger partial charge in [-0.05, 0) is 43.4 Å². The van der Waals surface area contributed by atoms with Gasteiger partial charge in [-0.15, -0.1) is 0 Å². The second-order valence-electron chi connectivity index (χ2n) is 7.66. The Bertz CT molecular complexity index is 821.